The van der Waals surface area contributed by atoms with Gasteiger partial charge in [-0.15, -0.1) is 0 Å². The monoisotopic (exact) mass is 371 g/mol. The lowest BCUT2D eigenvalue weighted by Gasteiger charge is -2.19. The van der Waals surface area contributed by atoms with Gasteiger partial charge in [0.2, 0.25) is 0 Å². The van der Waals surface area contributed by atoms with Gasteiger partial charge >= 0.3 is 5.97 Å². The molecule has 0 aliphatic rings. The summed E-state index contributed by atoms with van der Waals surface area (Å²) >= 11 is 3.45. The highest BCUT2D eigenvalue weighted by atomic mass is 79.9. The second kappa shape index (κ2) is 7.19. The van der Waals surface area contributed by atoms with E-state index in [0.29, 0.717) is 12.1 Å². The SMILES string of the molecule is O=C(OC(Cn1ccnc1)c1cccc(Br)c1)c1cccnc1. The van der Waals surface area contributed by atoms with Crippen LogP contribution in [0.25, 0.3) is 0 Å². The van der Waals surface area contributed by atoms with Crippen LogP contribution in [-0.4, -0.2) is 20.5 Å². The minimum Gasteiger partial charge on any atom is -0.452 e. The molecule has 1 atom stereocenters. The molecule has 0 N–H and O–H groups in total. The Bertz CT molecular complexity index is 776. The van der Waals surface area contributed by atoms with Crippen LogP contribution >= 0.6 is 15.9 Å². The zero-order chi connectivity index (χ0) is 16.1. The van der Waals surface area contributed by atoms with Gasteiger partial charge < -0.3 is 9.30 Å². The van der Waals surface area contributed by atoms with Crippen molar-refractivity contribution in [3.63, 3.8) is 0 Å². The van der Waals surface area contributed by atoms with E-state index in [1.807, 2.05) is 35.0 Å². The number of ether oxygens (including phenoxy) is 1. The number of hydrogen-bond acceptors (Lipinski definition) is 4. The molecule has 0 radical (unpaired) electrons. The lowest BCUT2D eigenvalue weighted by molar-refractivity contribution is 0.0254. The molecular weight excluding hydrogens is 358 g/mol. The molecule has 0 aliphatic carbocycles. The molecule has 3 rings (SSSR count). The lowest BCUT2D eigenvalue weighted by atomic mass is 10.1. The molecule has 0 spiro atoms. The predicted octanol–water partition coefficient (Wildman–Crippen LogP) is 3.64. The normalized spacial score (nSPS) is 11.9. The molecule has 2 aromatic heterocycles. The maximum atomic E-state index is 12.3. The standard InChI is InChI=1S/C17H14BrN3O2/c18-15-5-1-3-13(9-15)16(11-21-8-7-20-12-21)23-17(22)14-4-2-6-19-10-14/h1-10,12,16H,11H2. The predicted molar refractivity (Wildman–Crippen MR) is 88.8 cm³/mol. The summed E-state index contributed by atoms with van der Waals surface area (Å²) < 4.78 is 8.51. The number of hydrogen-bond donors (Lipinski definition) is 0. The van der Waals surface area contributed by atoms with Crippen LogP contribution in [0, 0.1) is 0 Å². The fourth-order valence-electron chi connectivity index (χ4n) is 2.18. The van der Waals surface area contributed by atoms with E-state index in [2.05, 4.69) is 25.9 Å². The second-order valence-electron chi connectivity index (χ2n) is 4.95. The number of esters is 1. The van der Waals surface area contributed by atoms with E-state index in [0.717, 1.165) is 10.0 Å². The van der Waals surface area contributed by atoms with Gasteiger partial charge in [-0.3, -0.25) is 4.98 Å². The van der Waals surface area contributed by atoms with E-state index < -0.39 is 12.1 Å². The van der Waals surface area contributed by atoms with Crippen LogP contribution in [-0.2, 0) is 11.3 Å². The van der Waals surface area contributed by atoms with E-state index in [9.17, 15) is 4.79 Å². The molecule has 116 valence electrons. The lowest BCUT2D eigenvalue weighted by Crippen LogP contribution is -2.16. The van der Waals surface area contributed by atoms with Gasteiger partial charge in [0, 0.05) is 29.3 Å². The van der Waals surface area contributed by atoms with Crippen molar-refractivity contribution in [2.45, 2.75) is 12.6 Å². The van der Waals surface area contributed by atoms with Crippen molar-refractivity contribution in [1.82, 2.24) is 14.5 Å². The zero-order valence-electron chi connectivity index (χ0n) is 12.2. The smallest absolute Gasteiger partial charge is 0.340 e. The van der Waals surface area contributed by atoms with E-state index in [1.165, 1.54) is 6.20 Å². The Morgan fingerprint density at radius 3 is 2.83 bits per heavy atom. The average molecular weight is 372 g/mol. The van der Waals surface area contributed by atoms with Crippen LogP contribution in [0.2, 0.25) is 0 Å². The molecule has 1 unspecified atom stereocenters. The third-order valence-electron chi connectivity index (χ3n) is 3.30. The highest BCUT2D eigenvalue weighted by molar-refractivity contribution is 9.10. The molecule has 0 aliphatic heterocycles. The Morgan fingerprint density at radius 2 is 2.13 bits per heavy atom. The number of carbonyl (C=O) groups is 1. The number of rotatable bonds is 5. The molecule has 2 heterocycles. The van der Waals surface area contributed by atoms with Gasteiger partial charge in [-0.25, -0.2) is 9.78 Å². The molecule has 3 aromatic rings. The summed E-state index contributed by atoms with van der Waals surface area (Å²) in [5.41, 5.74) is 1.34. The summed E-state index contributed by atoms with van der Waals surface area (Å²) in [5, 5.41) is 0. The number of benzene rings is 1. The molecule has 0 fully saturated rings. The molecule has 0 bridgehead atoms. The Morgan fingerprint density at radius 1 is 1.22 bits per heavy atom. The number of carbonyl (C=O) groups excluding carboxylic acids is 1. The van der Waals surface area contributed by atoms with Crippen LogP contribution in [0.4, 0.5) is 0 Å². The first-order valence-corrected chi connectivity index (χ1v) is 7.84. The maximum absolute atomic E-state index is 12.3. The molecular formula is C17H14BrN3O2. The fourth-order valence-corrected chi connectivity index (χ4v) is 2.60. The van der Waals surface area contributed by atoms with Crippen molar-refractivity contribution < 1.29 is 9.53 Å². The number of halogens is 1. The Hall–Kier alpha value is -2.47. The van der Waals surface area contributed by atoms with Crippen molar-refractivity contribution in [2.75, 3.05) is 0 Å². The van der Waals surface area contributed by atoms with Gasteiger partial charge in [0.05, 0.1) is 18.4 Å². The van der Waals surface area contributed by atoms with Gasteiger partial charge in [-0.2, -0.15) is 0 Å². The van der Waals surface area contributed by atoms with Crippen LogP contribution in [0.5, 0.6) is 0 Å². The summed E-state index contributed by atoms with van der Waals surface area (Å²) in [6.07, 6.45) is 7.92. The van der Waals surface area contributed by atoms with Gasteiger partial charge in [-0.1, -0.05) is 28.1 Å². The highest BCUT2D eigenvalue weighted by Gasteiger charge is 2.19. The van der Waals surface area contributed by atoms with E-state index in [1.54, 1.807) is 30.9 Å². The number of imidazole rings is 1. The topological polar surface area (TPSA) is 57.0 Å². The van der Waals surface area contributed by atoms with E-state index in [-0.39, 0.29) is 0 Å². The maximum Gasteiger partial charge on any atom is 0.340 e. The molecule has 0 amide bonds. The van der Waals surface area contributed by atoms with Gasteiger partial charge in [0.1, 0.15) is 6.10 Å². The van der Waals surface area contributed by atoms with Crippen LogP contribution in [0.1, 0.15) is 22.0 Å². The van der Waals surface area contributed by atoms with Crippen molar-refractivity contribution >= 4 is 21.9 Å². The first-order valence-electron chi connectivity index (χ1n) is 7.04. The molecule has 5 nitrogen and oxygen atoms in total. The molecule has 23 heavy (non-hydrogen) atoms. The fraction of sp³-hybridized carbons (Fsp3) is 0.118. The molecule has 0 saturated carbocycles. The summed E-state index contributed by atoms with van der Waals surface area (Å²) in [6, 6.07) is 11.1. The Labute approximate surface area is 142 Å². The molecule has 0 saturated heterocycles. The van der Waals surface area contributed by atoms with Gasteiger partial charge in [0.25, 0.3) is 0 Å². The molecule has 1 aromatic carbocycles. The largest absolute Gasteiger partial charge is 0.452 e. The van der Waals surface area contributed by atoms with Crippen molar-refractivity contribution in [2.24, 2.45) is 0 Å². The van der Waals surface area contributed by atoms with Gasteiger partial charge in [0.15, 0.2) is 0 Å². The zero-order valence-corrected chi connectivity index (χ0v) is 13.8. The van der Waals surface area contributed by atoms with Crippen LogP contribution in [0.3, 0.4) is 0 Å². The summed E-state index contributed by atoms with van der Waals surface area (Å²) in [6.45, 7) is 0.489. The minimum atomic E-state index is -0.422. The minimum absolute atomic E-state index is 0.400. The first-order chi connectivity index (χ1) is 11.2. The van der Waals surface area contributed by atoms with Crippen LogP contribution < -0.4 is 0 Å². The highest BCUT2D eigenvalue weighted by Crippen LogP contribution is 2.24. The van der Waals surface area contributed by atoms with Crippen molar-refractivity contribution in [1.29, 1.82) is 0 Å². The number of pyridine rings is 1. The summed E-state index contributed by atoms with van der Waals surface area (Å²) in [7, 11) is 0. The first kappa shape index (κ1) is 15.4. The third-order valence-corrected chi connectivity index (χ3v) is 3.80. The van der Waals surface area contributed by atoms with Crippen molar-refractivity contribution in [3.8, 4) is 0 Å². The Balaban J connectivity index is 1.84. The van der Waals surface area contributed by atoms with Gasteiger partial charge in [-0.05, 0) is 29.8 Å². The van der Waals surface area contributed by atoms with E-state index >= 15 is 0 Å². The van der Waals surface area contributed by atoms with Crippen molar-refractivity contribution in [3.05, 3.63) is 83.1 Å². The summed E-state index contributed by atoms with van der Waals surface area (Å²) in [5.74, 6) is -0.400. The molecule has 6 heteroatoms. The number of aromatic nitrogens is 3. The second-order valence-corrected chi connectivity index (χ2v) is 5.87. The van der Waals surface area contributed by atoms with E-state index in [4.69, 9.17) is 4.74 Å². The average Bonchev–Trinajstić information content (AvgIpc) is 3.08. The quantitative estimate of drug-likeness (QED) is 0.642. The third kappa shape index (κ3) is 4.04. The number of nitrogens with zero attached hydrogens (tertiary/aromatic N) is 3. The Kier molecular flexibility index (Phi) is 4.83. The summed E-state index contributed by atoms with van der Waals surface area (Å²) in [4.78, 5) is 20.3. The van der Waals surface area contributed by atoms with Crippen LogP contribution in [0.15, 0.2) is 72.0 Å².